The fourth-order valence-corrected chi connectivity index (χ4v) is 3.62. The minimum Gasteiger partial charge on any atom is -0.494 e. The Morgan fingerprint density at radius 2 is 1.74 bits per heavy atom. The highest BCUT2D eigenvalue weighted by Crippen LogP contribution is 2.28. The molecule has 2 rings (SSSR count). The van der Waals surface area contributed by atoms with E-state index >= 15 is 0 Å². The number of rotatable bonds is 5. The van der Waals surface area contributed by atoms with Crippen molar-refractivity contribution in [1.82, 2.24) is 10.6 Å². The molecule has 4 nitrogen and oxygen atoms in total. The Balaban J connectivity index is 1.98. The van der Waals surface area contributed by atoms with Crippen LogP contribution in [0.25, 0.3) is 0 Å². The van der Waals surface area contributed by atoms with E-state index in [1.54, 1.807) is 0 Å². The Kier molecular flexibility index (Phi) is 5.35. The van der Waals surface area contributed by atoms with Crippen LogP contribution in [0.3, 0.4) is 0 Å². The van der Waals surface area contributed by atoms with E-state index in [1.807, 2.05) is 24.3 Å². The van der Waals surface area contributed by atoms with Crippen LogP contribution >= 0.6 is 0 Å². The minimum atomic E-state index is -0.00876. The maximum atomic E-state index is 12.5. The van der Waals surface area contributed by atoms with Gasteiger partial charge in [-0.2, -0.15) is 0 Å². The van der Waals surface area contributed by atoms with Crippen molar-refractivity contribution in [2.45, 2.75) is 71.0 Å². The fourth-order valence-electron chi connectivity index (χ4n) is 3.62. The van der Waals surface area contributed by atoms with Crippen LogP contribution in [0.15, 0.2) is 24.3 Å². The maximum absolute atomic E-state index is 12.5. The SMILES string of the molecule is CCCOc1ccc(C(=O)NC2CC(C)(C)NC(C)(C)C2)cc1. The van der Waals surface area contributed by atoms with Gasteiger partial charge in [-0.05, 0) is 71.2 Å². The van der Waals surface area contributed by atoms with Gasteiger partial charge in [-0.15, -0.1) is 0 Å². The normalized spacial score (nSPS) is 20.0. The average Bonchev–Trinajstić information content (AvgIpc) is 2.42. The second-order valence-electron chi connectivity index (χ2n) is 7.84. The van der Waals surface area contributed by atoms with E-state index in [1.165, 1.54) is 0 Å². The van der Waals surface area contributed by atoms with Gasteiger partial charge in [0.05, 0.1) is 6.61 Å². The number of ether oxygens (including phenoxy) is 1. The van der Waals surface area contributed by atoms with Crippen molar-refractivity contribution in [2.75, 3.05) is 6.61 Å². The van der Waals surface area contributed by atoms with Crippen molar-refractivity contribution in [3.8, 4) is 5.75 Å². The molecule has 1 aliphatic heterocycles. The molecule has 1 aliphatic rings. The lowest BCUT2D eigenvalue weighted by Crippen LogP contribution is -2.62. The second kappa shape index (κ2) is 6.91. The number of carbonyl (C=O) groups is 1. The highest BCUT2D eigenvalue weighted by atomic mass is 16.5. The van der Waals surface area contributed by atoms with Crippen molar-refractivity contribution in [3.63, 3.8) is 0 Å². The summed E-state index contributed by atoms with van der Waals surface area (Å²) in [6.45, 7) is 11.5. The lowest BCUT2D eigenvalue weighted by atomic mass is 9.79. The first-order chi connectivity index (χ1) is 10.7. The van der Waals surface area contributed by atoms with Gasteiger partial charge in [0.1, 0.15) is 5.75 Å². The molecule has 1 aromatic rings. The molecule has 4 heteroatoms. The summed E-state index contributed by atoms with van der Waals surface area (Å²) in [5.41, 5.74) is 0.734. The first-order valence-corrected chi connectivity index (χ1v) is 8.54. The number of amides is 1. The third-order valence-corrected chi connectivity index (χ3v) is 4.11. The van der Waals surface area contributed by atoms with Gasteiger partial charge in [0.15, 0.2) is 0 Å². The summed E-state index contributed by atoms with van der Waals surface area (Å²) >= 11 is 0. The number of hydrogen-bond donors (Lipinski definition) is 2. The smallest absolute Gasteiger partial charge is 0.251 e. The summed E-state index contributed by atoms with van der Waals surface area (Å²) in [5, 5.41) is 6.82. The first-order valence-electron chi connectivity index (χ1n) is 8.54. The van der Waals surface area contributed by atoms with Crippen LogP contribution in [0.2, 0.25) is 0 Å². The average molecular weight is 318 g/mol. The van der Waals surface area contributed by atoms with Gasteiger partial charge >= 0.3 is 0 Å². The van der Waals surface area contributed by atoms with Gasteiger partial charge in [-0.1, -0.05) is 6.92 Å². The number of hydrogen-bond acceptors (Lipinski definition) is 3. The molecule has 1 heterocycles. The molecule has 0 aromatic heterocycles. The zero-order valence-electron chi connectivity index (χ0n) is 15.0. The second-order valence-corrected chi connectivity index (χ2v) is 7.84. The molecule has 0 atom stereocenters. The van der Waals surface area contributed by atoms with E-state index in [0.29, 0.717) is 12.2 Å². The topological polar surface area (TPSA) is 50.4 Å². The molecule has 1 saturated heterocycles. The number of piperidine rings is 1. The number of benzene rings is 1. The minimum absolute atomic E-state index is 0.00876. The summed E-state index contributed by atoms with van der Waals surface area (Å²) in [4.78, 5) is 12.5. The third kappa shape index (κ3) is 5.24. The van der Waals surface area contributed by atoms with Crippen molar-refractivity contribution in [3.05, 3.63) is 29.8 Å². The number of nitrogens with one attached hydrogen (secondary N) is 2. The number of carbonyl (C=O) groups excluding carboxylic acids is 1. The largest absolute Gasteiger partial charge is 0.494 e. The zero-order valence-corrected chi connectivity index (χ0v) is 15.0. The van der Waals surface area contributed by atoms with Gasteiger partial charge in [-0.3, -0.25) is 4.79 Å². The van der Waals surface area contributed by atoms with E-state index in [9.17, 15) is 4.79 Å². The molecular formula is C19H30N2O2. The predicted molar refractivity (Wildman–Crippen MR) is 94.0 cm³/mol. The zero-order chi connectivity index (χ0) is 17.1. The molecule has 2 N–H and O–H groups in total. The molecule has 1 amide bonds. The Hall–Kier alpha value is -1.55. The van der Waals surface area contributed by atoms with Crippen LogP contribution in [0, 0.1) is 0 Å². The van der Waals surface area contributed by atoms with Gasteiger partial charge in [0.25, 0.3) is 5.91 Å². The van der Waals surface area contributed by atoms with Crippen LogP contribution in [0.1, 0.15) is 64.2 Å². The van der Waals surface area contributed by atoms with Gasteiger partial charge < -0.3 is 15.4 Å². The fraction of sp³-hybridized carbons (Fsp3) is 0.632. The molecule has 1 aromatic carbocycles. The molecule has 23 heavy (non-hydrogen) atoms. The molecule has 0 radical (unpaired) electrons. The van der Waals surface area contributed by atoms with Crippen molar-refractivity contribution in [1.29, 1.82) is 0 Å². The lowest BCUT2D eigenvalue weighted by Gasteiger charge is -2.46. The summed E-state index contributed by atoms with van der Waals surface area (Å²) in [6.07, 6.45) is 2.84. The van der Waals surface area contributed by atoms with E-state index in [2.05, 4.69) is 45.3 Å². The van der Waals surface area contributed by atoms with Crippen molar-refractivity contribution < 1.29 is 9.53 Å². The van der Waals surface area contributed by atoms with Gasteiger partial charge in [0, 0.05) is 22.7 Å². The quantitative estimate of drug-likeness (QED) is 0.873. The summed E-state index contributed by atoms with van der Waals surface area (Å²) < 4.78 is 5.55. The molecule has 0 unspecified atom stereocenters. The molecule has 1 fully saturated rings. The van der Waals surface area contributed by atoms with Gasteiger partial charge in [-0.25, -0.2) is 0 Å². The predicted octanol–water partition coefficient (Wildman–Crippen LogP) is 3.51. The summed E-state index contributed by atoms with van der Waals surface area (Å²) in [5.74, 6) is 0.804. The molecular weight excluding hydrogens is 288 g/mol. The molecule has 0 aliphatic carbocycles. The summed E-state index contributed by atoms with van der Waals surface area (Å²) in [6, 6.07) is 7.57. The molecule has 0 bridgehead atoms. The third-order valence-electron chi connectivity index (χ3n) is 4.11. The Morgan fingerprint density at radius 3 is 2.26 bits per heavy atom. The monoisotopic (exact) mass is 318 g/mol. The van der Waals surface area contributed by atoms with E-state index in [0.717, 1.165) is 25.0 Å². The van der Waals surface area contributed by atoms with Crippen LogP contribution in [0.5, 0.6) is 5.75 Å². The van der Waals surface area contributed by atoms with Gasteiger partial charge in [0.2, 0.25) is 0 Å². The Labute approximate surface area is 140 Å². The maximum Gasteiger partial charge on any atom is 0.251 e. The summed E-state index contributed by atoms with van der Waals surface area (Å²) in [7, 11) is 0. The molecule has 128 valence electrons. The van der Waals surface area contributed by atoms with E-state index < -0.39 is 0 Å². The first kappa shape index (κ1) is 17.8. The lowest BCUT2D eigenvalue weighted by molar-refractivity contribution is 0.0873. The van der Waals surface area contributed by atoms with Crippen molar-refractivity contribution >= 4 is 5.91 Å². The Morgan fingerprint density at radius 1 is 1.17 bits per heavy atom. The van der Waals surface area contributed by atoms with Crippen LogP contribution in [0.4, 0.5) is 0 Å². The van der Waals surface area contributed by atoms with E-state index in [-0.39, 0.29) is 23.0 Å². The van der Waals surface area contributed by atoms with Crippen molar-refractivity contribution in [2.24, 2.45) is 0 Å². The molecule has 0 spiro atoms. The standard InChI is InChI=1S/C19H30N2O2/c1-6-11-23-16-9-7-14(8-10-16)17(22)20-15-12-18(2,3)21-19(4,5)13-15/h7-10,15,21H,6,11-13H2,1-5H3,(H,20,22). The van der Waals surface area contributed by atoms with Crippen LogP contribution < -0.4 is 15.4 Å². The van der Waals surface area contributed by atoms with Crippen LogP contribution in [-0.4, -0.2) is 29.6 Å². The van der Waals surface area contributed by atoms with E-state index in [4.69, 9.17) is 4.74 Å². The Bertz CT molecular complexity index is 519. The highest BCUT2D eigenvalue weighted by molar-refractivity contribution is 5.94. The van der Waals surface area contributed by atoms with Crippen LogP contribution in [-0.2, 0) is 0 Å². The molecule has 0 saturated carbocycles. The highest BCUT2D eigenvalue weighted by Gasteiger charge is 2.38.